The predicted molar refractivity (Wildman–Crippen MR) is 79.0 cm³/mol. The molecule has 1 atom stereocenters. The van der Waals surface area contributed by atoms with Gasteiger partial charge in [0.25, 0.3) is 0 Å². The number of carbonyl (C=O) groups excluding carboxylic acids is 1. The van der Waals surface area contributed by atoms with Crippen molar-refractivity contribution in [1.82, 2.24) is 15.3 Å². The highest BCUT2D eigenvalue weighted by molar-refractivity contribution is 9.10. The number of likely N-dealkylation sites (N-methyl/N-ethyl adjacent to an activating group) is 1. The number of halogens is 1. The molecule has 0 aromatic carbocycles. The SMILES string of the molecule is CCNC(=O)C(C)Nc1ccnc2cc(Br)cnc12. The number of pyridine rings is 2. The number of aromatic nitrogens is 2. The Labute approximate surface area is 120 Å². The summed E-state index contributed by atoms with van der Waals surface area (Å²) in [5, 5.41) is 5.94. The van der Waals surface area contributed by atoms with Crippen molar-refractivity contribution in [3.05, 3.63) is 29.0 Å². The van der Waals surface area contributed by atoms with Crippen molar-refractivity contribution in [3.8, 4) is 0 Å². The van der Waals surface area contributed by atoms with E-state index in [-0.39, 0.29) is 11.9 Å². The van der Waals surface area contributed by atoms with Gasteiger partial charge < -0.3 is 10.6 Å². The lowest BCUT2D eigenvalue weighted by Crippen LogP contribution is -2.37. The Hall–Kier alpha value is -1.69. The second kappa shape index (κ2) is 5.97. The van der Waals surface area contributed by atoms with Gasteiger partial charge in [-0.2, -0.15) is 0 Å². The first-order valence-electron chi connectivity index (χ1n) is 6.06. The van der Waals surface area contributed by atoms with Gasteiger partial charge in [-0.3, -0.25) is 14.8 Å². The minimum absolute atomic E-state index is 0.0374. The fraction of sp³-hybridized carbons (Fsp3) is 0.308. The summed E-state index contributed by atoms with van der Waals surface area (Å²) in [6.07, 6.45) is 3.41. The van der Waals surface area contributed by atoms with Crippen LogP contribution in [0.1, 0.15) is 13.8 Å². The van der Waals surface area contributed by atoms with Gasteiger partial charge in [0.05, 0.1) is 11.2 Å². The van der Waals surface area contributed by atoms with Gasteiger partial charge in [0.2, 0.25) is 5.91 Å². The van der Waals surface area contributed by atoms with Crippen LogP contribution < -0.4 is 10.6 Å². The molecule has 0 fully saturated rings. The van der Waals surface area contributed by atoms with E-state index in [9.17, 15) is 4.79 Å². The fourth-order valence-electron chi connectivity index (χ4n) is 1.75. The van der Waals surface area contributed by atoms with Crippen LogP contribution in [0.5, 0.6) is 0 Å². The van der Waals surface area contributed by atoms with Gasteiger partial charge in [0.15, 0.2) is 0 Å². The first kappa shape index (κ1) is 13.7. The van der Waals surface area contributed by atoms with Gasteiger partial charge in [0.1, 0.15) is 11.6 Å². The highest BCUT2D eigenvalue weighted by Crippen LogP contribution is 2.22. The van der Waals surface area contributed by atoms with E-state index in [1.54, 1.807) is 12.4 Å². The van der Waals surface area contributed by atoms with E-state index in [1.165, 1.54) is 0 Å². The number of nitrogens with zero attached hydrogens (tertiary/aromatic N) is 2. The lowest BCUT2D eigenvalue weighted by atomic mass is 10.2. The minimum Gasteiger partial charge on any atom is -0.372 e. The topological polar surface area (TPSA) is 66.9 Å². The Morgan fingerprint density at radius 2 is 2.26 bits per heavy atom. The first-order chi connectivity index (χ1) is 9.11. The number of nitrogens with one attached hydrogen (secondary N) is 2. The lowest BCUT2D eigenvalue weighted by Gasteiger charge is -2.15. The van der Waals surface area contributed by atoms with Gasteiger partial charge in [0, 0.05) is 23.4 Å². The first-order valence-corrected chi connectivity index (χ1v) is 6.85. The van der Waals surface area contributed by atoms with Crippen LogP contribution >= 0.6 is 15.9 Å². The molecule has 6 heteroatoms. The molecule has 0 spiro atoms. The zero-order valence-electron chi connectivity index (χ0n) is 10.8. The van der Waals surface area contributed by atoms with Crippen molar-refractivity contribution in [1.29, 1.82) is 0 Å². The molecule has 100 valence electrons. The Morgan fingerprint density at radius 3 is 3.00 bits per heavy atom. The molecule has 0 saturated heterocycles. The van der Waals surface area contributed by atoms with Crippen LogP contribution in [-0.2, 0) is 4.79 Å². The van der Waals surface area contributed by atoms with Gasteiger partial charge in [-0.1, -0.05) is 0 Å². The molecule has 2 N–H and O–H groups in total. The van der Waals surface area contributed by atoms with Crippen molar-refractivity contribution in [2.24, 2.45) is 0 Å². The molecular formula is C13H15BrN4O. The minimum atomic E-state index is -0.323. The fourth-order valence-corrected chi connectivity index (χ4v) is 2.07. The molecule has 0 saturated carbocycles. The molecule has 0 aliphatic heterocycles. The monoisotopic (exact) mass is 322 g/mol. The van der Waals surface area contributed by atoms with E-state index in [1.807, 2.05) is 26.0 Å². The van der Waals surface area contributed by atoms with Crippen LogP contribution in [-0.4, -0.2) is 28.5 Å². The van der Waals surface area contributed by atoms with Crippen LogP contribution in [0.3, 0.4) is 0 Å². The Kier molecular flexibility index (Phi) is 4.31. The third kappa shape index (κ3) is 3.20. The highest BCUT2D eigenvalue weighted by Gasteiger charge is 2.13. The molecule has 2 heterocycles. The summed E-state index contributed by atoms with van der Waals surface area (Å²) >= 11 is 3.36. The van der Waals surface area contributed by atoms with E-state index >= 15 is 0 Å². The maximum absolute atomic E-state index is 11.7. The third-order valence-corrected chi connectivity index (χ3v) is 3.09. The highest BCUT2D eigenvalue weighted by atomic mass is 79.9. The number of hydrogen-bond acceptors (Lipinski definition) is 4. The second-order valence-corrected chi connectivity index (χ2v) is 5.06. The number of anilines is 1. The Bertz CT molecular complexity index is 602. The molecule has 1 unspecified atom stereocenters. The van der Waals surface area contributed by atoms with E-state index in [0.717, 1.165) is 21.2 Å². The number of hydrogen-bond donors (Lipinski definition) is 2. The van der Waals surface area contributed by atoms with Crippen molar-refractivity contribution in [2.75, 3.05) is 11.9 Å². The molecule has 2 aromatic rings. The van der Waals surface area contributed by atoms with Crippen molar-refractivity contribution < 1.29 is 4.79 Å². The van der Waals surface area contributed by atoms with E-state index in [4.69, 9.17) is 0 Å². The maximum Gasteiger partial charge on any atom is 0.242 e. The van der Waals surface area contributed by atoms with Crippen molar-refractivity contribution in [3.63, 3.8) is 0 Å². The summed E-state index contributed by atoms with van der Waals surface area (Å²) < 4.78 is 0.876. The summed E-state index contributed by atoms with van der Waals surface area (Å²) in [7, 11) is 0. The summed E-state index contributed by atoms with van der Waals surface area (Å²) in [6, 6.07) is 3.39. The van der Waals surface area contributed by atoms with Gasteiger partial charge >= 0.3 is 0 Å². The molecule has 2 rings (SSSR count). The molecule has 0 bridgehead atoms. The quantitative estimate of drug-likeness (QED) is 0.906. The average molecular weight is 323 g/mol. The van der Waals surface area contributed by atoms with E-state index < -0.39 is 0 Å². The molecule has 1 amide bonds. The molecule has 2 aromatic heterocycles. The zero-order valence-corrected chi connectivity index (χ0v) is 12.4. The molecule has 19 heavy (non-hydrogen) atoms. The van der Waals surface area contributed by atoms with Crippen molar-refractivity contribution in [2.45, 2.75) is 19.9 Å². The van der Waals surface area contributed by atoms with Crippen LogP contribution in [0.25, 0.3) is 11.0 Å². The standard InChI is InChI=1S/C13H15BrN4O/c1-3-15-13(19)8(2)18-10-4-5-16-11-6-9(14)7-17-12(10)11/h4-8H,3H2,1-2H3,(H,15,19)(H,16,18). The summed E-state index contributed by atoms with van der Waals surface area (Å²) in [5.74, 6) is -0.0374. The predicted octanol–water partition coefficient (Wildman–Crippen LogP) is 2.33. The molecule has 5 nitrogen and oxygen atoms in total. The largest absolute Gasteiger partial charge is 0.372 e. The summed E-state index contributed by atoms with van der Waals surface area (Å²) in [5.41, 5.74) is 2.33. The van der Waals surface area contributed by atoms with Gasteiger partial charge in [-0.15, -0.1) is 0 Å². The Balaban J connectivity index is 2.28. The number of amides is 1. The number of carbonyl (C=O) groups is 1. The van der Waals surface area contributed by atoms with Gasteiger partial charge in [-0.25, -0.2) is 0 Å². The molecule has 0 aliphatic rings. The molecular weight excluding hydrogens is 308 g/mol. The lowest BCUT2D eigenvalue weighted by molar-refractivity contribution is -0.121. The van der Waals surface area contributed by atoms with Crippen LogP contribution in [0.2, 0.25) is 0 Å². The summed E-state index contributed by atoms with van der Waals surface area (Å²) in [6.45, 7) is 4.33. The van der Waals surface area contributed by atoms with E-state index in [2.05, 4.69) is 36.5 Å². The Morgan fingerprint density at radius 1 is 1.47 bits per heavy atom. The normalized spacial score (nSPS) is 12.2. The second-order valence-electron chi connectivity index (χ2n) is 4.14. The molecule has 0 aliphatic carbocycles. The third-order valence-electron chi connectivity index (χ3n) is 2.66. The zero-order chi connectivity index (χ0) is 13.8. The van der Waals surface area contributed by atoms with Crippen LogP contribution in [0.15, 0.2) is 29.0 Å². The number of fused-ring (bicyclic) bond motifs is 1. The number of rotatable bonds is 4. The van der Waals surface area contributed by atoms with Crippen molar-refractivity contribution >= 4 is 38.6 Å². The maximum atomic E-state index is 11.7. The smallest absolute Gasteiger partial charge is 0.242 e. The van der Waals surface area contributed by atoms with Gasteiger partial charge in [-0.05, 0) is 41.9 Å². The van der Waals surface area contributed by atoms with Crippen LogP contribution in [0, 0.1) is 0 Å². The van der Waals surface area contributed by atoms with Crippen LogP contribution in [0.4, 0.5) is 5.69 Å². The average Bonchev–Trinajstić information content (AvgIpc) is 2.38. The van der Waals surface area contributed by atoms with E-state index in [0.29, 0.717) is 6.54 Å². The molecule has 0 radical (unpaired) electrons. The summed E-state index contributed by atoms with van der Waals surface area (Å²) in [4.78, 5) is 20.3.